The lowest BCUT2D eigenvalue weighted by Gasteiger charge is -2.12. The van der Waals surface area contributed by atoms with E-state index in [0.29, 0.717) is 27.1 Å². The van der Waals surface area contributed by atoms with Crippen molar-refractivity contribution in [1.82, 2.24) is 0 Å². The molecule has 0 saturated heterocycles. The van der Waals surface area contributed by atoms with Crippen LogP contribution in [0, 0.1) is 0 Å². The van der Waals surface area contributed by atoms with Gasteiger partial charge in [0.25, 0.3) is 0 Å². The molecule has 0 aliphatic heterocycles. The molecule has 0 aliphatic carbocycles. The van der Waals surface area contributed by atoms with Crippen molar-refractivity contribution in [2.24, 2.45) is 0 Å². The molecule has 3 aromatic carbocycles. The van der Waals surface area contributed by atoms with Gasteiger partial charge in [0.15, 0.2) is 26.8 Å². The quantitative estimate of drug-likeness (QED) is 0.499. The molecule has 152 valence electrons. The van der Waals surface area contributed by atoms with E-state index < -0.39 is 9.84 Å². The van der Waals surface area contributed by atoms with Gasteiger partial charge in [-0.15, -0.1) is 11.3 Å². The fourth-order valence-corrected chi connectivity index (χ4v) is 5.14. The number of methoxy groups -OCH3 is 1. The van der Waals surface area contributed by atoms with Crippen LogP contribution in [-0.4, -0.2) is 26.9 Å². The van der Waals surface area contributed by atoms with Gasteiger partial charge < -0.3 is 9.84 Å². The van der Waals surface area contributed by atoms with Crippen molar-refractivity contribution < 1.29 is 18.3 Å². The Labute approximate surface area is 177 Å². The monoisotopic (exact) mass is 438 g/mol. The van der Waals surface area contributed by atoms with E-state index in [0.717, 1.165) is 16.5 Å². The Morgan fingerprint density at radius 1 is 0.933 bits per heavy atom. The van der Waals surface area contributed by atoms with Crippen LogP contribution in [0.15, 0.2) is 76.4 Å². The lowest BCUT2D eigenvalue weighted by Crippen LogP contribution is -2.06. The SMILES string of the molecule is COc1ccc(-c2c(-c3ccc(S(C)(=O)=O)cc3)sc3ccccc3c2=O)cc1O. The molecule has 0 amide bonds. The van der Waals surface area contributed by atoms with E-state index in [1.54, 1.807) is 30.3 Å². The van der Waals surface area contributed by atoms with Gasteiger partial charge in [-0.2, -0.15) is 0 Å². The number of benzene rings is 3. The van der Waals surface area contributed by atoms with Crippen molar-refractivity contribution in [3.8, 4) is 33.1 Å². The molecule has 0 atom stereocenters. The van der Waals surface area contributed by atoms with Gasteiger partial charge in [0.2, 0.25) is 0 Å². The summed E-state index contributed by atoms with van der Waals surface area (Å²) in [6.07, 6.45) is 1.15. The summed E-state index contributed by atoms with van der Waals surface area (Å²) in [5, 5.41) is 10.8. The van der Waals surface area contributed by atoms with Gasteiger partial charge in [-0.25, -0.2) is 8.42 Å². The molecule has 1 N–H and O–H groups in total. The van der Waals surface area contributed by atoms with Gasteiger partial charge in [0, 0.05) is 26.8 Å². The molecule has 0 saturated carbocycles. The molecular formula is C23H18O5S2. The highest BCUT2D eigenvalue weighted by molar-refractivity contribution is 7.90. The third-order valence-electron chi connectivity index (χ3n) is 4.81. The molecule has 5 nitrogen and oxygen atoms in total. The number of phenols is 1. The molecule has 30 heavy (non-hydrogen) atoms. The van der Waals surface area contributed by atoms with Gasteiger partial charge in [0.1, 0.15) is 0 Å². The van der Waals surface area contributed by atoms with Crippen LogP contribution in [0.2, 0.25) is 0 Å². The van der Waals surface area contributed by atoms with E-state index in [2.05, 4.69) is 0 Å². The summed E-state index contributed by atoms with van der Waals surface area (Å²) in [5.74, 6) is 0.251. The Bertz CT molecular complexity index is 1420. The predicted molar refractivity (Wildman–Crippen MR) is 120 cm³/mol. The zero-order chi connectivity index (χ0) is 21.5. The third-order valence-corrected chi connectivity index (χ3v) is 7.16. The Morgan fingerprint density at radius 2 is 1.60 bits per heavy atom. The third kappa shape index (κ3) is 3.58. The molecule has 7 heteroatoms. The topological polar surface area (TPSA) is 80.7 Å². The second kappa shape index (κ2) is 7.59. The minimum Gasteiger partial charge on any atom is -0.504 e. The van der Waals surface area contributed by atoms with Crippen LogP contribution in [0.25, 0.3) is 31.7 Å². The van der Waals surface area contributed by atoms with E-state index in [9.17, 15) is 18.3 Å². The van der Waals surface area contributed by atoms with E-state index in [-0.39, 0.29) is 16.1 Å². The molecule has 4 rings (SSSR count). The molecule has 0 unspecified atom stereocenters. The number of sulfone groups is 1. The first-order valence-corrected chi connectivity index (χ1v) is 11.7. The van der Waals surface area contributed by atoms with Crippen LogP contribution in [0.5, 0.6) is 11.5 Å². The maximum absolute atomic E-state index is 13.4. The number of phenolic OH excluding ortho intramolecular Hbond substituents is 1. The molecule has 0 aliphatic rings. The van der Waals surface area contributed by atoms with Gasteiger partial charge in [-0.3, -0.25) is 4.79 Å². The van der Waals surface area contributed by atoms with Crippen LogP contribution >= 0.6 is 11.3 Å². The van der Waals surface area contributed by atoms with Crippen LogP contribution < -0.4 is 10.2 Å². The number of hydrogen-bond acceptors (Lipinski definition) is 6. The Balaban J connectivity index is 2.02. The molecule has 0 fully saturated rings. The number of ether oxygens (including phenoxy) is 1. The molecule has 4 aromatic rings. The summed E-state index contributed by atoms with van der Waals surface area (Å²) in [6, 6.07) is 18.6. The van der Waals surface area contributed by atoms with Gasteiger partial charge in [-0.1, -0.05) is 30.3 Å². The molecular weight excluding hydrogens is 420 g/mol. The molecule has 0 spiro atoms. The average molecular weight is 439 g/mol. The molecule has 1 heterocycles. The highest BCUT2D eigenvalue weighted by Crippen LogP contribution is 2.39. The van der Waals surface area contributed by atoms with Crippen LogP contribution in [-0.2, 0) is 9.84 Å². The first-order valence-electron chi connectivity index (χ1n) is 9.03. The van der Waals surface area contributed by atoms with Gasteiger partial charge >= 0.3 is 0 Å². The van der Waals surface area contributed by atoms with E-state index in [1.165, 1.54) is 36.6 Å². The predicted octanol–water partition coefficient (Wildman–Crippen LogP) is 4.71. The average Bonchev–Trinajstić information content (AvgIpc) is 2.73. The largest absolute Gasteiger partial charge is 0.504 e. The van der Waals surface area contributed by atoms with Crippen LogP contribution in [0.4, 0.5) is 0 Å². The number of fused-ring (bicyclic) bond motifs is 1. The Hall–Kier alpha value is -3.16. The normalized spacial score (nSPS) is 11.5. The van der Waals surface area contributed by atoms with Crippen molar-refractivity contribution in [2.45, 2.75) is 4.90 Å². The van der Waals surface area contributed by atoms with E-state index >= 15 is 0 Å². The number of rotatable bonds is 4. The second-order valence-electron chi connectivity index (χ2n) is 6.81. The van der Waals surface area contributed by atoms with Crippen molar-refractivity contribution >= 4 is 31.3 Å². The van der Waals surface area contributed by atoms with Crippen molar-refractivity contribution in [1.29, 1.82) is 0 Å². The summed E-state index contributed by atoms with van der Waals surface area (Å²) in [4.78, 5) is 14.3. The van der Waals surface area contributed by atoms with Crippen LogP contribution in [0.1, 0.15) is 0 Å². The summed E-state index contributed by atoms with van der Waals surface area (Å²) < 4.78 is 29.6. The highest BCUT2D eigenvalue weighted by Gasteiger charge is 2.18. The minimum absolute atomic E-state index is 0.0640. The zero-order valence-electron chi connectivity index (χ0n) is 16.2. The Kier molecular flexibility index (Phi) is 5.09. The molecule has 0 bridgehead atoms. The molecule has 1 aromatic heterocycles. The van der Waals surface area contributed by atoms with Crippen LogP contribution in [0.3, 0.4) is 0 Å². The standard InChI is InChI=1S/C23H18O5S2/c1-28-19-12-9-15(13-18(19)24)21-22(25)17-5-3-4-6-20(17)29-23(21)14-7-10-16(11-8-14)30(2,26)27/h3-13,24H,1-2H3. The minimum atomic E-state index is -3.33. The first-order chi connectivity index (χ1) is 14.3. The number of aromatic hydroxyl groups is 1. The maximum Gasteiger partial charge on any atom is 0.196 e. The fourth-order valence-electron chi connectivity index (χ4n) is 3.31. The fraction of sp³-hybridized carbons (Fsp3) is 0.0870. The smallest absolute Gasteiger partial charge is 0.196 e. The Morgan fingerprint density at radius 3 is 2.23 bits per heavy atom. The maximum atomic E-state index is 13.4. The zero-order valence-corrected chi connectivity index (χ0v) is 17.9. The summed E-state index contributed by atoms with van der Waals surface area (Å²) in [7, 11) is -1.87. The lowest BCUT2D eigenvalue weighted by molar-refractivity contribution is 0.373. The van der Waals surface area contributed by atoms with Crippen molar-refractivity contribution in [3.63, 3.8) is 0 Å². The van der Waals surface area contributed by atoms with Gasteiger partial charge in [-0.05, 0) is 47.5 Å². The summed E-state index contributed by atoms with van der Waals surface area (Å²) in [6.45, 7) is 0. The van der Waals surface area contributed by atoms with Crippen molar-refractivity contribution in [2.75, 3.05) is 13.4 Å². The van der Waals surface area contributed by atoms with E-state index in [1.807, 2.05) is 18.2 Å². The molecule has 0 radical (unpaired) electrons. The van der Waals surface area contributed by atoms with Gasteiger partial charge in [0.05, 0.1) is 12.0 Å². The summed E-state index contributed by atoms with van der Waals surface area (Å²) >= 11 is 1.44. The highest BCUT2D eigenvalue weighted by atomic mass is 32.2. The second-order valence-corrected chi connectivity index (χ2v) is 9.88. The lowest BCUT2D eigenvalue weighted by atomic mass is 10.00. The van der Waals surface area contributed by atoms with E-state index in [4.69, 9.17) is 4.74 Å². The first kappa shape index (κ1) is 20.1. The summed E-state index contributed by atoms with van der Waals surface area (Å²) in [5.41, 5.74) is 1.57. The number of hydrogen-bond donors (Lipinski definition) is 1. The van der Waals surface area contributed by atoms with Crippen molar-refractivity contribution in [3.05, 3.63) is 77.0 Å².